The van der Waals surface area contributed by atoms with Gasteiger partial charge in [0.05, 0.1) is 0 Å². The molecule has 0 bridgehead atoms. The van der Waals surface area contributed by atoms with Gasteiger partial charge in [0.15, 0.2) is 0 Å². The Morgan fingerprint density at radius 1 is 1.24 bits per heavy atom. The van der Waals surface area contributed by atoms with Crippen molar-refractivity contribution in [3.05, 3.63) is 11.7 Å². The predicted octanol–water partition coefficient (Wildman–Crippen LogP) is 3.36. The number of hydrogen-bond donors (Lipinski definition) is 1. The van der Waals surface area contributed by atoms with Gasteiger partial charge < -0.3 is 15.0 Å². The van der Waals surface area contributed by atoms with Crippen molar-refractivity contribution >= 4 is 0 Å². The molecule has 0 aromatic carbocycles. The van der Waals surface area contributed by atoms with E-state index in [-0.39, 0.29) is 11.5 Å². The summed E-state index contributed by atoms with van der Waals surface area (Å²) in [5.41, 5.74) is 5.62. The summed E-state index contributed by atoms with van der Waals surface area (Å²) in [5.74, 6) is 2.56. The molecule has 1 aromatic heterocycles. The Balaban J connectivity index is 2.67. The van der Waals surface area contributed by atoms with Crippen LogP contribution in [0.1, 0.15) is 65.3 Å². The molecule has 0 spiro atoms. The molecule has 0 aliphatic rings. The maximum Gasteiger partial charge on any atom is 0.226 e. The van der Waals surface area contributed by atoms with E-state index in [1.807, 2.05) is 0 Å². The molecule has 21 heavy (non-hydrogen) atoms. The van der Waals surface area contributed by atoms with Crippen molar-refractivity contribution in [1.29, 1.82) is 0 Å². The number of rotatable bonds is 8. The SMILES string of the molecule is COC(c1noc(CCC(CCN)C(C)C)n1)C(C)(C)C. The highest BCUT2D eigenvalue weighted by atomic mass is 16.5. The van der Waals surface area contributed by atoms with Gasteiger partial charge in [-0.15, -0.1) is 0 Å². The molecule has 1 aromatic rings. The third kappa shape index (κ3) is 5.40. The number of aromatic nitrogens is 2. The zero-order chi connectivity index (χ0) is 16.0. The molecule has 0 fully saturated rings. The van der Waals surface area contributed by atoms with Crippen LogP contribution in [0.2, 0.25) is 0 Å². The Kier molecular flexibility index (Phi) is 6.81. The van der Waals surface area contributed by atoms with Crippen LogP contribution in [0.5, 0.6) is 0 Å². The highest BCUT2D eigenvalue weighted by Crippen LogP contribution is 2.34. The lowest BCUT2D eigenvalue weighted by atomic mass is 9.88. The van der Waals surface area contributed by atoms with Crippen molar-refractivity contribution in [2.24, 2.45) is 23.0 Å². The van der Waals surface area contributed by atoms with Crippen LogP contribution in [-0.4, -0.2) is 23.8 Å². The summed E-state index contributed by atoms with van der Waals surface area (Å²) in [6.45, 7) is 11.5. The quantitative estimate of drug-likeness (QED) is 0.796. The van der Waals surface area contributed by atoms with Gasteiger partial charge in [-0.25, -0.2) is 0 Å². The number of methoxy groups -OCH3 is 1. The van der Waals surface area contributed by atoms with E-state index >= 15 is 0 Å². The second kappa shape index (κ2) is 7.90. The smallest absolute Gasteiger partial charge is 0.226 e. The van der Waals surface area contributed by atoms with Crippen LogP contribution in [0.3, 0.4) is 0 Å². The highest BCUT2D eigenvalue weighted by Gasteiger charge is 2.30. The van der Waals surface area contributed by atoms with Crippen LogP contribution in [-0.2, 0) is 11.2 Å². The Morgan fingerprint density at radius 3 is 2.38 bits per heavy atom. The number of aryl methyl sites for hydroxylation is 1. The van der Waals surface area contributed by atoms with Gasteiger partial charge in [-0.1, -0.05) is 39.8 Å². The second-order valence-corrected chi connectivity index (χ2v) is 7.15. The highest BCUT2D eigenvalue weighted by molar-refractivity contribution is 4.96. The van der Waals surface area contributed by atoms with Crippen LogP contribution in [0.4, 0.5) is 0 Å². The monoisotopic (exact) mass is 297 g/mol. The molecule has 2 N–H and O–H groups in total. The topological polar surface area (TPSA) is 74.2 Å². The zero-order valence-corrected chi connectivity index (χ0v) is 14.3. The number of ether oxygens (including phenoxy) is 1. The lowest BCUT2D eigenvalue weighted by molar-refractivity contribution is 0.00718. The summed E-state index contributed by atoms with van der Waals surface area (Å²) in [5, 5.41) is 4.09. The van der Waals surface area contributed by atoms with Crippen molar-refractivity contribution in [3.8, 4) is 0 Å². The van der Waals surface area contributed by atoms with Crippen molar-refractivity contribution in [3.63, 3.8) is 0 Å². The minimum Gasteiger partial charge on any atom is -0.373 e. The first kappa shape index (κ1) is 18.1. The molecular weight excluding hydrogens is 266 g/mol. The molecule has 1 heterocycles. The fourth-order valence-electron chi connectivity index (χ4n) is 2.66. The molecule has 0 radical (unpaired) electrons. The summed E-state index contributed by atoms with van der Waals surface area (Å²) in [7, 11) is 1.68. The molecule has 2 atom stereocenters. The second-order valence-electron chi connectivity index (χ2n) is 7.15. The summed E-state index contributed by atoms with van der Waals surface area (Å²) < 4.78 is 10.9. The molecule has 5 heteroatoms. The maximum absolute atomic E-state index is 5.68. The van der Waals surface area contributed by atoms with Gasteiger partial charge in [-0.2, -0.15) is 4.98 Å². The summed E-state index contributed by atoms with van der Waals surface area (Å²) in [6.07, 6.45) is 2.72. The molecular formula is C16H31N3O2. The maximum atomic E-state index is 5.68. The lowest BCUT2D eigenvalue weighted by Gasteiger charge is -2.26. The van der Waals surface area contributed by atoms with Crippen LogP contribution in [0.25, 0.3) is 0 Å². The molecule has 2 unspecified atom stereocenters. The van der Waals surface area contributed by atoms with Crippen LogP contribution < -0.4 is 5.73 Å². The molecule has 122 valence electrons. The Labute approximate surface area is 128 Å². The molecule has 0 amide bonds. The van der Waals surface area contributed by atoms with Gasteiger partial charge in [0.2, 0.25) is 11.7 Å². The largest absolute Gasteiger partial charge is 0.373 e. The van der Waals surface area contributed by atoms with Gasteiger partial charge in [-0.05, 0) is 36.6 Å². The number of nitrogens with two attached hydrogens (primary N) is 1. The summed E-state index contributed by atoms with van der Waals surface area (Å²) >= 11 is 0. The molecule has 1 rings (SSSR count). The molecule has 0 saturated heterocycles. The van der Waals surface area contributed by atoms with Gasteiger partial charge in [0.1, 0.15) is 6.10 Å². The lowest BCUT2D eigenvalue weighted by Crippen LogP contribution is -2.21. The minimum atomic E-state index is -0.153. The van der Waals surface area contributed by atoms with E-state index in [1.165, 1.54) is 0 Å². The van der Waals surface area contributed by atoms with Gasteiger partial charge in [0.25, 0.3) is 0 Å². The van der Waals surface area contributed by atoms with Crippen molar-refractivity contribution in [1.82, 2.24) is 10.1 Å². The standard InChI is InChI=1S/C16H31N3O2/c1-11(2)12(9-10-17)7-8-13-18-15(19-21-13)14(20-6)16(3,4)5/h11-12,14H,7-10,17H2,1-6H3. The zero-order valence-electron chi connectivity index (χ0n) is 14.3. The fourth-order valence-corrected chi connectivity index (χ4v) is 2.66. The molecule has 5 nitrogen and oxygen atoms in total. The third-order valence-electron chi connectivity index (χ3n) is 3.95. The summed E-state index contributed by atoms with van der Waals surface area (Å²) in [6, 6.07) is 0. The predicted molar refractivity (Wildman–Crippen MR) is 83.8 cm³/mol. The molecule has 0 saturated carbocycles. The van der Waals surface area contributed by atoms with E-state index in [1.54, 1.807) is 7.11 Å². The Morgan fingerprint density at radius 2 is 1.90 bits per heavy atom. The van der Waals surface area contributed by atoms with E-state index in [0.717, 1.165) is 25.8 Å². The van der Waals surface area contributed by atoms with Crippen LogP contribution in [0.15, 0.2) is 4.52 Å². The molecule has 0 aliphatic heterocycles. The average Bonchev–Trinajstić information content (AvgIpc) is 2.81. The van der Waals surface area contributed by atoms with Gasteiger partial charge in [0, 0.05) is 13.5 Å². The Bertz CT molecular complexity index is 410. The fraction of sp³-hybridized carbons (Fsp3) is 0.875. The van der Waals surface area contributed by atoms with Gasteiger partial charge in [-0.3, -0.25) is 0 Å². The van der Waals surface area contributed by atoms with Gasteiger partial charge >= 0.3 is 0 Å². The van der Waals surface area contributed by atoms with Crippen molar-refractivity contribution < 1.29 is 9.26 Å². The number of hydrogen-bond acceptors (Lipinski definition) is 5. The van der Waals surface area contributed by atoms with Crippen LogP contribution >= 0.6 is 0 Å². The summed E-state index contributed by atoms with van der Waals surface area (Å²) in [4.78, 5) is 4.51. The van der Waals surface area contributed by atoms with E-state index in [2.05, 4.69) is 44.8 Å². The first-order valence-corrected chi connectivity index (χ1v) is 7.85. The van der Waals surface area contributed by atoms with E-state index in [0.29, 0.717) is 23.6 Å². The average molecular weight is 297 g/mol. The van der Waals surface area contributed by atoms with E-state index < -0.39 is 0 Å². The van der Waals surface area contributed by atoms with Crippen molar-refractivity contribution in [2.75, 3.05) is 13.7 Å². The van der Waals surface area contributed by atoms with Crippen molar-refractivity contribution in [2.45, 2.75) is 60.0 Å². The normalized spacial score (nSPS) is 15.4. The minimum absolute atomic E-state index is 0.0596. The van der Waals surface area contributed by atoms with Crippen LogP contribution in [0, 0.1) is 17.3 Å². The Hall–Kier alpha value is -0.940. The third-order valence-corrected chi connectivity index (χ3v) is 3.95. The van der Waals surface area contributed by atoms with E-state index in [4.69, 9.17) is 15.0 Å². The van der Waals surface area contributed by atoms with E-state index in [9.17, 15) is 0 Å². The first-order chi connectivity index (χ1) is 9.79. The first-order valence-electron chi connectivity index (χ1n) is 7.85. The number of nitrogens with zero attached hydrogens (tertiary/aromatic N) is 2. The molecule has 0 aliphatic carbocycles.